The van der Waals surface area contributed by atoms with Gasteiger partial charge in [0.15, 0.2) is 0 Å². The van der Waals surface area contributed by atoms with Gasteiger partial charge in [0.25, 0.3) is 5.69 Å². The number of nitro groups is 1. The van der Waals surface area contributed by atoms with Crippen LogP contribution in [-0.4, -0.2) is 49.1 Å². The molecule has 7 heteroatoms. The summed E-state index contributed by atoms with van der Waals surface area (Å²) >= 11 is 0. The molecule has 1 aromatic carbocycles. The van der Waals surface area contributed by atoms with Crippen LogP contribution < -0.4 is 10.6 Å². The van der Waals surface area contributed by atoms with Crippen LogP contribution in [0, 0.1) is 15.9 Å². The van der Waals surface area contributed by atoms with E-state index in [-0.39, 0.29) is 5.69 Å². The molecular formula is C13H19FN4O2. The van der Waals surface area contributed by atoms with Crippen molar-refractivity contribution in [1.29, 1.82) is 0 Å². The van der Waals surface area contributed by atoms with E-state index < -0.39 is 10.7 Å². The van der Waals surface area contributed by atoms with Gasteiger partial charge in [0.05, 0.1) is 11.0 Å². The van der Waals surface area contributed by atoms with E-state index in [2.05, 4.69) is 15.5 Å². The summed E-state index contributed by atoms with van der Waals surface area (Å²) in [5.41, 5.74) is 0.156. The number of hydrogen-bond acceptors (Lipinski definition) is 5. The van der Waals surface area contributed by atoms with E-state index in [4.69, 9.17) is 0 Å². The average molecular weight is 282 g/mol. The van der Waals surface area contributed by atoms with Crippen molar-refractivity contribution in [3.8, 4) is 0 Å². The first-order chi connectivity index (χ1) is 9.66. The first kappa shape index (κ1) is 14.7. The molecule has 6 nitrogen and oxygen atoms in total. The molecule has 0 atom stereocenters. The van der Waals surface area contributed by atoms with E-state index in [0.29, 0.717) is 12.2 Å². The fourth-order valence-electron chi connectivity index (χ4n) is 2.27. The number of halogens is 1. The Morgan fingerprint density at radius 2 is 2.15 bits per heavy atom. The minimum absolute atomic E-state index is 0.216. The van der Waals surface area contributed by atoms with Gasteiger partial charge in [-0.1, -0.05) is 0 Å². The molecule has 2 rings (SSSR count). The quantitative estimate of drug-likeness (QED) is 0.469. The molecule has 0 saturated carbocycles. The molecular weight excluding hydrogens is 263 g/mol. The minimum atomic E-state index is -0.594. The van der Waals surface area contributed by atoms with Crippen molar-refractivity contribution in [1.82, 2.24) is 10.2 Å². The second-order valence-electron chi connectivity index (χ2n) is 4.79. The van der Waals surface area contributed by atoms with Crippen LogP contribution in [0.3, 0.4) is 0 Å². The number of hydrogen-bond donors (Lipinski definition) is 2. The Kier molecular flexibility index (Phi) is 5.25. The van der Waals surface area contributed by atoms with Crippen LogP contribution in [0.5, 0.6) is 0 Å². The molecule has 1 saturated heterocycles. The van der Waals surface area contributed by atoms with Crippen molar-refractivity contribution in [3.05, 3.63) is 34.1 Å². The maximum absolute atomic E-state index is 13.0. The Balaban J connectivity index is 1.80. The van der Waals surface area contributed by atoms with Gasteiger partial charge in [-0.25, -0.2) is 4.39 Å². The Labute approximate surface area is 117 Å². The molecule has 1 fully saturated rings. The van der Waals surface area contributed by atoms with Crippen molar-refractivity contribution in [2.24, 2.45) is 0 Å². The lowest BCUT2D eigenvalue weighted by atomic mass is 10.2. The summed E-state index contributed by atoms with van der Waals surface area (Å²) < 4.78 is 13.0. The fourth-order valence-corrected chi connectivity index (χ4v) is 2.27. The molecule has 0 spiro atoms. The second kappa shape index (κ2) is 7.16. The van der Waals surface area contributed by atoms with Gasteiger partial charge in [0, 0.05) is 32.7 Å². The first-order valence-electron chi connectivity index (χ1n) is 6.78. The topological polar surface area (TPSA) is 70.4 Å². The summed E-state index contributed by atoms with van der Waals surface area (Å²) in [6.07, 6.45) is 0.897. The molecule has 1 aromatic rings. The highest BCUT2D eigenvalue weighted by Crippen LogP contribution is 2.24. The summed E-state index contributed by atoms with van der Waals surface area (Å²) in [6.45, 7) is 5.70. The van der Waals surface area contributed by atoms with Crippen LogP contribution in [-0.2, 0) is 0 Å². The zero-order valence-electron chi connectivity index (χ0n) is 11.3. The third-order valence-electron chi connectivity index (χ3n) is 3.33. The minimum Gasteiger partial charge on any atom is -0.379 e. The lowest BCUT2D eigenvalue weighted by Gasteiger charge is -2.27. The van der Waals surface area contributed by atoms with E-state index in [0.717, 1.165) is 45.2 Å². The van der Waals surface area contributed by atoms with Crippen LogP contribution in [0.15, 0.2) is 18.2 Å². The Morgan fingerprint density at radius 1 is 1.40 bits per heavy atom. The highest BCUT2D eigenvalue weighted by atomic mass is 19.1. The van der Waals surface area contributed by atoms with Crippen LogP contribution in [0.4, 0.5) is 15.8 Å². The van der Waals surface area contributed by atoms with Crippen molar-refractivity contribution < 1.29 is 9.31 Å². The molecule has 20 heavy (non-hydrogen) atoms. The van der Waals surface area contributed by atoms with Crippen LogP contribution >= 0.6 is 0 Å². The molecule has 0 aromatic heterocycles. The van der Waals surface area contributed by atoms with Crippen molar-refractivity contribution in [2.75, 3.05) is 44.6 Å². The molecule has 0 aliphatic carbocycles. The molecule has 1 aliphatic heterocycles. The Hall–Kier alpha value is -1.73. The Morgan fingerprint density at radius 3 is 2.85 bits per heavy atom. The molecule has 1 aliphatic rings. The third-order valence-corrected chi connectivity index (χ3v) is 3.33. The van der Waals surface area contributed by atoms with Gasteiger partial charge in [-0.15, -0.1) is 0 Å². The number of nitrogens with zero attached hydrogens (tertiary/aromatic N) is 2. The summed E-state index contributed by atoms with van der Waals surface area (Å²) in [7, 11) is 0. The van der Waals surface area contributed by atoms with Gasteiger partial charge in [0.2, 0.25) is 0 Å². The number of anilines is 1. The van der Waals surface area contributed by atoms with Crippen molar-refractivity contribution >= 4 is 11.4 Å². The van der Waals surface area contributed by atoms with Gasteiger partial charge >= 0.3 is 0 Å². The third kappa shape index (κ3) is 4.14. The second-order valence-corrected chi connectivity index (χ2v) is 4.79. The lowest BCUT2D eigenvalue weighted by molar-refractivity contribution is -0.384. The van der Waals surface area contributed by atoms with Gasteiger partial charge in [-0.3, -0.25) is 10.1 Å². The number of benzene rings is 1. The highest BCUT2D eigenvalue weighted by molar-refractivity contribution is 5.61. The first-order valence-corrected chi connectivity index (χ1v) is 6.78. The maximum atomic E-state index is 13.0. The number of piperazine rings is 1. The zero-order valence-corrected chi connectivity index (χ0v) is 11.3. The summed E-state index contributed by atoms with van der Waals surface area (Å²) in [6, 6.07) is 3.59. The van der Waals surface area contributed by atoms with Gasteiger partial charge < -0.3 is 15.5 Å². The lowest BCUT2D eigenvalue weighted by Crippen LogP contribution is -2.44. The summed E-state index contributed by atoms with van der Waals surface area (Å²) in [5, 5.41) is 17.1. The van der Waals surface area contributed by atoms with E-state index in [1.165, 1.54) is 12.1 Å². The normalized spacial score (nSPS) is 16.1. The van der Waals surface area contributed by atoms with E-state index in [1.807, 2.05) is 0 Å². The van der Waals surface area contributed by atoms with Gasteiger partial charge in [-0.2, -0.15) is 0 Å². The van der Waals surface area contributed by atoms with Crippen LogP contribution in [0.1, 0.15) is 6.42 Å². The van der Waals surface area contributed by atoms with Crippen LogP contribution in [0.25, 0.3) is 0 Å². The summed E-state index contributed by atoms with van der Waals surface area (Å²) in [4.78, 5) is 12.6. The standard InChI is InChI=1S/C13H19FN4O2/c14-11-2-3-12(13(10-11)18(19)20)16-4-1-7-17-8-5-15-6-9-17/h2-3,10,15-16H,1,4-9H2. The van der Waals surface area contributed by atoms with E-state index >= 15 is 0 Å². The molecule has 0 bridgehead atoms. The largest absolute Gasteiger partial charge is 0.379 e. The zero-order chi connectivity index (χ0) is 14.4. The van der Waals surface area contributed by atoms with Crippen molar-refractivity contribution in [3.63, 3.8) is 0 Å². The van der Waals surface area contributed by atoms with E-state index in [1.54, 1.807) is 0 Å². The average Bonchev–Trinajstić information content (AvgIpc) is 2.45. The SMILES string of the molecule is O=[N+]([O-])c1cc(F)ccc1NCCCN1CCNCC1. The molecule has 0 radical (unpaired) electrons. The molecule has 1 heterocycles. The van der Waals surface area contributed by atoms with Gasteiger partial charge in [0.1, 0.15) is 11.5 Å². The van der Waals surface area contributed by atoms with E-state index in [9.17, 15) is 14.5 Å². The van der Waals surface area contributed by atoms with Crippen LogP contribution in [0.2, 0.25) is 0 Å². The predicted molar refractivity (Wildman–Crippen MR) is 75.5 cm³/mol. The summed E-state index contributed by atoms with van der Waals surface area (Å²) in [5.74, 6) is -0.594. The van der Waals surface area contributed by atoms with Gasteiger partial charge in [-0.05, 0) is 25.1 Å². The number of nitrogens with one attached hydrogen (secondary N) is 2. The predicted octanol–water partition coefficient (Wildman–Crippen LogP) is 1.44. The molecule has 110 valence electrons. The molecule has 0 unspecified atom stereocenters. The number of nitro benzene ring substituents is 1. The van der Waals surface area contributed by atoms with Crippen molar-refractivity contribution in [2.45, 2.75) is 6.42 Å². The fraction of sp³-hybridized carbons (Fsp3) is 0.538. The smallest absolute Gasteiger partial charge is 0.295 e. The maximum Gasteiger partial charge on any atom is 0.295 e. The monoisotopic (exact) mass is 282 g/mol. The highest BCUT2D eigenvalue weighted by Gasteiger charge is 2.14. The molecule has 0 amide bonds. The molecule has 2 N–H and O–H groups in total. The number of rotatable bonds is 6. The Bertz CT molecular complexity index is 464.